The molecule has 0 radical (unpaired) electrons. The summed E-state index contributed by atoms with van der Waals surface area (Å²) in [6.07, 6.45) is 1.44. The summed E-state index contributed by atoms with van der Waals surface area (Å²) in [6.45, 7) is 0. The smallest absolute Gasteiger partial charge is 0.198 e. The van der Waals surface area contributed by atoms with Gasteiger partial charge in [-0.2, -0.15) is 0 Å². The Balaban J connectivity index is 2.09. The van der Waals surface area contributed by atoms with Gasteiger partial charge in [-0.15, -0.1) is 0 Å². The zero-order chi connectivity index (χ0) is 14.1. The summed E-state index contributed by atoms with van der Waals surface area (Å²) in [4.78, 5) is 16.5. The monoisotopic (exact) mass is 265 g/mol. The molecule has 2 N–H and O–H groups in total. The van der Waals surface area contributed by atoms with E-state index in [1.165, 1.54) is 24.4 Å². The fourth-order valence-corrected chi connectivity index (χ4v) is 2.06. The molecule has 2 aromatic carbocycles. The molecule has 0 saturated heterocycles. The minimum absolute atomic E-state index is 0.0525. The number of benzene rings is 2. The Morgan fingerprint density at radius 3 is 2.60 bits per heavy atom. The van der Waals surface area contributed by atoms with E-state index in [0.717, 1.165) is 5.39 Å². The highest BCUT2D eigenvalue weighted by molar-refractivity contribution is 6.11. The van der Waals surface area contributed by atoms with Gasteiger partial charge in [0.05, 0.1) is 11.1 Å². The maximum Gasteiger partial charge on any atom is 0.198 e. The molecular weight excluding hydrogens is 254 g/mol. The van der Waals surface area contributed by atoms with Crippen LogP contribution >= 0.6 is 0 Å². The molecule has 0 aliphatic heterocycles. The number of fused-ring (bicyclic) bond motifs is 1. The van der Waals surface area contributed by atoms with Crippen molar-refractivity contribution in [1.82, 2.24) is 4.98 Å². The number of carbonyl (C=O) groups is 1. The highest BCUT2D eigenvalue weighted by Crippen LogP contribution is 2.23. The van der Waals surface area contributed by atoms with Crippen LogP contribution in [0, 0.1) is 0 Å². The molecule has 0 unspecified atom stereocenters. The van der Waals surface area contributed by atoms with E-state index < -0.39 is 0 Å². The Labute approximate surface area is 115 Å². The van der Waals surface area contributed by atoms with Crippen molar-refractivity contribution in [3.8, 4) is 11.5 Å². The third-order valence-corrected chi connectivity index (χ3v) is 3.08. The summed E-state index contributed by atoms with van der Waals surface area (Å²) < 4.78 is 0. The van der Waals surface area contributed by atoms with Crippen LogP contribution in [0.1, 0.15) is 15.9 Å². The van der Waals surface area contributed by atoms with E-state index in [0.29, 0.717) is 11.1 Å². The molecule has 98 valence electrons. The van der Waals surface area contributed by atoms with Gasteiger partial charge >= 0.3 is 0 Å². The minimum atomic E-state index is -0.287. The van der Waals surface area contributed by atoms with Gasteiger partial charge in [0.15, 0.2) is 5.78 Å². The number of pyridine rings is 1. The quantitative estimate of drug-likeness (QED) is 0.699. The van der Waals surface area contributed by atoms with Crippen LogP contribution in [-0.2, 0) is 0 Å². The van der Waals surface area contributed by atoms with Crippen LogP contribution in [0.3, 0.4) is 0 Å². The molecule has 4 heteroatoms. The van der Waals surface area contributed by atoms with Gasteiger partial charge in [-0.1, -0.05) is 12.1 Å². The van der Waals surface area contributed by atoms with Gasteiger partial charge in [-0.25, -0.2) is 0 Å². The first-order chi connectivity index (χ1) is 9.65. The number of ketones is 1. The van der Waals surface area contributed by atoms with E-state index >= 15 is 0 Å². The molecular formula is C16H11NO3. The molecule has 4 nitrogen and oxygen atoms in total. The predicted octanol–water partition coefficient (Wildman–Crippen LogP) is 2.88. The number of hydrogen-bond donors (Lipinski definition) is 2. The summed E-state index contributed by atoms with van der Waals surface area (Å²) in [7, 11) is 0. The van der Waals surface area contributed by atoms with Crippen LogP contribution in [-0.4, -0.2) is 21.0 Å². The standard InChI is InChI=1S/C16H11NO3/c18-12-6-5-10-7-11(9-17-14(10)8-12)16(20)13-3-1-2-4-15(13)19/h1-9,18-19H. The Morgan fingerprint density at radius 2 is 1.80 bits per heavy atom. The summed E-state index contributed by atoms with van der Waals surface area (Å²) in [6, 6.07) is 12.9. The average Bonchev–Trinajstić information content (AvgIpc) is 2.46. The molecule has 0 amide bonds. The maximum atomic E-state index is 12.3. The third-order valence-electron chi connectivity index (χ3n) is 3.08. The largest absolute Gasteiger partial charge is 0.508 e. The van der Waals surface area contributed by atoms with Crippen molar-refractivity contribution in [3.05, 3.63) is 65.9 Å². The van der Waals surface area contributed by atoms with E-state index in [1.54, 1.807) is 30.3 Å². The Kier molecular flexibility index (Phi) is 2.84. The average molecular weight is 265 g/mol. The molecule has 0 fully saturated rings. The van der Waals surface area contributed by atoms with Gasteiger partial charge < -0.3 is 10.2 Å². The molecule has 0 aliphatic carbocycles. The van der Waals surface area contributed by atoms with E-state index in [-0.39, 0.29) is 22.8 Å². The van der Waals surface area contributed by atoms with Crippen molar-refractivity contribution in [1.29, 1.82) is 0 Å². The number of rotatable bonds is 2. The van der Waals surface area contributed by atoms with Crippen molar-refractivity contribution >= 4 is 16.7 Å². The fraction of sp³-hybridized carbons (Fsp3) is 0. The normalized spacial score (nSPS) is 10.6. The van der Waals surface area contributed by atoms with Crippen molar-refractivity contribution in [2.45, 2.75) is 0 Å². The summed E-state index contributed by atoms with van der Waals surface area (Å²) in [5.41, 5.74) is 1.25. The highest BCUT2D eigenvalue weighted by Gasteiger charge is 2.13. The molecule has 3 rings (SSSR count). The summed E-state index contributed by atoms with van der Waals surface area (Å²) >= 11 is 0. The first kappa shape index (κ1) is 12.2. The first-order valence-electron chi connectivity index (χ1n) is 6.06. The van der Waals surface area contributed by atoms with Crippen LogP contribution < -0.4 is 0 Å². The number of hydrogen-bond acceptors (Lipinski definition) is 4. The number of carbonyl (C=O) groups excluding carboxylic acids is 1. The van der Waals surface area contributed by atoms with Crippen molar-refractivity contribution in [3.63, 3.8) is 0 Å². The van der Waals surface area contributed by atoms with Crippen molar-refractivity contribution in [2.75, 3.05) is 0 Å². The summed E-state index contributed by atoms with van der Waals surface area (Å²) in [5, 5.41) is 19.9. The third kappa shape index (κ3) is 2.07. The first-order valence-corrected chi connectivity index (χ1v) is 6.06. The molecule has 0 aliphatic rings. The van der Waals surface area contributed by atoms with E-state index in [9.17, 15) is 15.0 Å². The Morgan fingerprint density at radius 1 is 1.00 bits per heavy atom. The maximum absolute atomic E-state index is 12.3. The van der Waals surface area contributed by atoms with E-state index in [4.69, 9.17) is 0 Å². The lowest BCUT2D eigenvalue weighted by Crippen LogP contribution is -2.02. The lowest BCUT2D eigenvalue weighted by atomic mass is 10.0. The Hall–Kier alpha value is -2.88. The van der Waals surface area contributed by atoms with Crippen LogP contribution in [0.4, 0.5) is 0 Å². The van der Waals surface area contributed by atoms with Crippen LogP contribution in [0.5, 0.6) is 11.5 Å². The lowest BCUT2D eigenvalue weighted by Gasteiger charge is -2.05. The lowest BCUT2D eigenvalue weighted by molar-refractivity contribution is 0.103. The fourth-order valence-electron chi connectivity index (χ4n) is 2.06. The molecule has 0 atom stereocenters. The number of phenols is 2. The summed E-state index contributed by atoms with van der Waals surface area (Å²) in [5.74, 6) is -0.210. The second-order valence-electron chi connectivity index (χ2n) is 4.45. The molecule has 20 heavy (non-hydrogen) atoms. The zero-order valence-corrected chi connectivity index (χ0v) is 10.4. The van der Waals surface area contributed by atoms with Crippen molar-refractivity contribution < 1.29 is 15.0 Å². The van der Waals surface area contributed by atoms with Gasteiger partial charge in [0, 0.05) is 23.2 Å². The molecule has 0 spiro atoms. The number of aromatic hydroxyl groups is 2. The molecule has 3 aromatic rings. The second kappa shape index (κ2) is 4.66. The molecule has 0 saturated carbocycles. The van der Waals surface area contributed by atoms with Gasteiger partial charge in [0.25, 0.3) is 0 Å². The second-order valence-corrected chi connectivity index (χ2v) is 4.45. The molecule has 1 aromatic heterocycles. The Bertz CT molecular complexity index is 812. The number of nitrogens with zero attached hydrogens (tertiary/aromatic N) is 1. The number of para-hydroxylation sites is 1. The molecule has 0 bridgehead atoms. The minimum Gasteiger partial charge on any atom is -0.508 e. The van der Waals surface area contributed by atoms with Gasteiger partial charge in [-0.3, -0.25) is 9.78 Å². The van der Waals surface area contributed by atoms with E-state index in [1.807, 2.05) is 0 Å². The highest BCUT2D eigenvalue weighted by atomic mass is 16.3. The van der Waals surface area contributed by atoms with Crippen LogP contribution in [0.25, 0.3) is 10.9 Å². The van der Waals surface area contributed by atoms with E-state index in [2.05, 4.69) is 4.98 Å². The molecule has 1 heterocycles. The zero-order valence-electron chi connectivity index (χ0n) is 10.4. The van der Waals surface area contributed by atoms with Gasteiger partial charge in [0.1, 0.15) is 11.5 Å². The topological polar surface area (TPSA) is 70.4 Å². The SMILES string of the molecule is O=C(c1cnc2cc(O)ccc2c1)c1ccccc1O. The van der Waals surface area contributed by atoms with Gasteiger partial charge in [-0.05, 0) is 30.3 Å². The van der Waals surface area contributed by atoms with Crippen LogP contribution in [0.2, 0.25) is 0 Å². The van der Waals surface area contributed by atoms with Crippen LogP contribution in [0.15, 0.2) is 54.7 Å². The van der Waals surface area contributed by atoms with Gasteiger partial charge in [0.2, 0.25) is 0 Å². The number of aromatic nitrogens is 1. The number of phenolic OH excluding ortho intramolecular Hbond substituents is 2. The predicted molar refractivity (Wildman–Crippen MR) is 74.9 cm³/mol. The van der Waals surface area contributed by atoms with Crippen molar-refractivity contribution in [2.24, 2.45) is 0 Å².